The summed E-state index contributed by atoms with van der Waals surface area (Å²) in [5.74, 6) is 1.13. The highest BCUT2D eigenvalue weighted by atomic mass is 16.5. The van der Waals surface area contributed by atoms with Gasteiger partial charge in [0.05, 0.1) is 53.0 Å². The number of amides is 3. The highest BCUT2D eigenvalue weighted by molar-refractivity contribution is 5.97. The molecule has 1 aromatic carbocycles. The normalized spacial score (nSPS) is 20.4. The zero-order chi connectivity index (χ0) is 20.1. The molecule has 3 amide bonds. The average Bonchev–Trinajstić information content (AvgIpc) is 3.08. The van der Waals surface area contributed by atoms with Crippen LogP contribution in [0.2, 0.25) is 0 Å². The zero-order valence-electron chi connectivity index (χ0n) is 16.4. The molecular weight excluding hydrogens is 364 g/mol. The van der Waals surface area contributed by atoms with E-state index in [2.05, 4.69) is 5.32 Å². The average molecular weight is 393 g/mol. The lowest BCUT2D eigenvalue weighted by Gasteiger charge is -2.32. The molecule has 154 valence electrons. The van der Waals surface area contributed by atoms with E-state index < -0.39 is 0 Å². The van der Waals surface area contributed by atoms with E-state index in [0.717, 1.165) is 18.8 Å². The summed E-state index contributed by atoms with van der Waals surface area (Å²) in [5, 5.41) is 12.0. The SMILES string of the molecule is COc1ccc(N2C[C@H](NC(=O)N3CC[NH+](CCO)CC3)CC2=O)cc1OC. The molecule has 0 aromatic heterocycles. The van der Waals surface area contributed by atoms with Crippen LogP contribution in [0.5, 0.6) is 11.5 Å². The molecule has 1 aromatic rings. The summed E-state index contributed by atoms with van der Waals surface area (Å²) in [6.45, 7) is 4.27. The van der Waals surface area contributed by atoms with Crippen LogP contribution in [0.15, 0.2) is 18.2 Å². The van der Waals surface area contributed by atoms with Gasteiger partial charge in [0.2, 0.25) is 5.91 Å². The van der Waals surface area contributed by atoms with Gasteiger partial charge < -0.3 is 34.6 Å². The minimum Gasteiger partial charge on any atom is -0.493 e. The molecule has 1 atom stereocenters. The Morgan fingerprint density at radius 2 is 1.96 bits per heavy atom. The molecule has 2 saturated heterocycles. The Morgan fingerprint density at radius 3 is 2.61 bits per heavy atom. The van der Waals surface area contributed by atoms with Crippen LogP contribution in [0.1, 0.15) is 6.42 Å². The minimum absolute atomic E-state index is 0.0327. The minimum atomic E-state index is -0.226. The smallest absolute Gasteiger partial charge is 0.318 e. The first-order chi connectivity index (χ1) is 13.5. The van der Waals surface area contributed by atoms with Gasteiger partial charge in [-0.1, -0.05) is 0 Å². The van der Waals surface area contributed by atoms with E-state index in [1.54, 1.807) is 36.2 Å². The van der Waals surface area contributed by atoms with E-state index >= 15 is 0 Å². The number of rotatable bonds is 6. The maximum Gasteiger partial charge on any atom is 0.318 e. The number of quaternary nitrogens is 1. The first-order valence-electron chi connectivity index (χ1n) is 9.58. The molecule has 2 heterocycles. The predicted molar refractivity (Wildman–Crippen MR) is 103 cm³/mol. The second kappa shape index (κ2) is 9.11. The lowest BCUT2D eigenvalue weighted by atomic mass is 10.2. The molecule has 9 nitrogen and oxygen atoms in total. The molecule has 3 rings (SSSR count). The fraction of sp³-hybridized carbons (Fsp3) is 0.579. The number of aliphatic hydroxyl groups is 1. The standard InChI is InChI=1S/C19H28N4O5/c1-27-16-4-3-15(12-17(16)28-2)23-13-14(11-18(23)25)20-19(26)22-7-5-21(6-8-22)9-10-24/h3-4,12,14,24H,5-11,13H2,1-2H3,(H,20,26)/p+1/t14-/m1/s1. The Bertz CT molecular complexity index is 706. The van der Waals surface area contributed by atoms with Crippen LogP contribution in [0, 0.1) is 0 Å². The molecule has 28 heavy (non-hydrogen) atoms. The summed E-state index contributed by atoms with van der Waals surface area (Å²) >= 11 is 0. The molecule has 0 radical (unpaired) electrons. The van der Waals surface area contributed by atoms with E-state index in [9.17, 15) is 9.59 Å². The number of methoxy groups -OCH3 is 2. The van der Waals surface area contributed by atoms with Crippen molar-refractivity contribution in [3.8, 4) is 11.5 Å². The Balaban J connectivity index is 1.57. The summed E-state index contributed by atoms with van der Waals surface area (Å²) in [6, 6.07) is 4.99. The third-order valence-electron chi connectivity index (χ3n) is 5.35. The van der Waals surface area contributed by atoms with Gasteiger partial charge in [0.25, 0.3) is 0 Å². The van der Waals surface area contributed by atoms with E-state index in [4.69, 9.17) is 14.6 Å². The number of ether oxygens (including phenoxy) is 2. The number of benzene rings is 1. The molecular formula is C19H29N4O5+. The Labute approximate surface area is 164 Å². The van der Waals surface area contributed by atoms with E-state index in [1.165, 1.54) is 4.90 Å². The van der Waals surface area contributed by atoms with Gasteiger partial charge in [0, 0.05) is 24.7 Å². The first kappa shape index (κ1) is 20.2. The highest BCUT2D eigenvalue weighted by Crippen LogP contribution is 2.33. The highest BCUT2D eigenvalue weighted by Gasteiger charge is 2.33. The van der Waals surface area contributed by atoms with Crippen molar-refractivity contribution in [2.75, 3.05) is 65.0 Å². The number of aliphatic hydroxyl groups excluding tert-OH is 1. The quantitative estimate of drug-likeness (QED) is 0.559. The molecule has 0 aliphatic carbocycles. The van der Waals surface area contributed by atoms with Crippen LogP contribution in [0.3, 0.4) is 0 Å². The molecule has 2 aliphatic heterocycles. The van der Waals surface area contributed by atoms with Crippen molar-refractivity contribution >= 4 is 17.6 Å². The lowest BCUT2D eigenvalue weighted by molar-refractivity contribution is -0.904. The van der Waals surface area contributed by atoms with Crippen LogP contribution in [0.4, 0.5) is 10.5 Å². The summed E-state index contributed by atoms with van der Waals surface area (Å²) in [7, 11) is 3.12. The van der Waals surface area contributed by atoms with Crippen molar-refractivity contribution in [3.05, 3.63) is 18.2 Å². The molecule has 0 spiro atoms. The van der Waals surface area contributed by atoms with Gasteiger partial charge in [-0.05, 0) is 12.1 Å². The predicted octanol–water partition coefficient (Wildman–Crippen LogP) is -1.29. The number of nitrogens with zero attached hydrogens (tertiary/aromatic N) is 2. The topological polar surface area (TPSA) is 95.8 Å². The van der Waals surface area contributed by atoms with Gasteiger partial charge in [0.15, 0.2) is 11.5 Å². The fourth-order valence-electron chi connectivity index (χ4n) is 3.75. The van der Waals surface area contributed by atoms with Crippen molar-refractivity contribution in [1.29, 1.82) is 0 Å². The van der Waals surface area contributed by atoms with Gasteiger partial charge in [0.1, 0.15) is 6.54 Å². The summed E-state index contributed by atoms with van der Waals surface area (Å²) < 4.78 is 10.5. The van der Waals surface area contributed by atoms with E-state index in [1.807, 2.05) is 6.07 Å². The Morgan fingerprint density at radius 1 is 1.25 bits per heavy atom. The molecule has 2 fully saturated rings. The maximum absolute atomic E-state index is 12.5. The largest absolute Gasteiger partial charge is 0.493 e. The first-order valence-corrected chi connectivity index (χ1v) is 9.58. The molecule has 0 saturated carbocycles. The van der Waals surface area contributed by atoms with Crippen molar-refractivity contribution in [1.82, 2.24) is 10.2 Å². The molecule has 2 aliphatic rings. The van der Waals surface area contributed by atoms with E-state index in [0.29, 0.717) is 37.7 Å². The van der Waals surface area contributed by atoms with Crippen LogP contribution >= 0.6 is 0 Å². The monoisotopic (exact) mass is 393 g/mol. The van der Waals surface area contributed by atoms with Crippen LogP contribution < -0.4 is 24.6 Å². The third kappa shape index (κ3) is 4.48. The fourth-order valence-corrected chi connectivity index (χ4v) is 3.75. The summed E-state index contributed by atoms with van der Waals surface area (Å²) in [6.07, 6.45) is 0.274. The number of carbonyl (C=O) groups is 2. The number of piperazine rings is 1. The van der Waals surface area contributed by atoms with E-state index in [-0.39, 0.29) is 31.0 Å². The number of nitrogens with one attached hydrogen (secondary N) is 2. The van der Waals surface area contributed by atoms with Crippen molar-refractivity contribution in [3.63, 3.8) is 0 Å². The molecule has 0 bridgehead atoms. The number of hydrogen-bond acceptors (Lipinski definition) is 5. The van der Waals surface area contributed by atoms with Crippen LogP contribution in [-0.4, -0.2) is 88.1 Å². The van der Waals surface area contributed by atoms with Gasteiger partial charge in [-0.2, -0.15) is 0 Å². The third-order valence-corrected chi connectivity index (χ3v) is 5.35. The summed E-state index contributed by atoms with van der Waals surface area (Å²) in [4.78, 5) is 29.8. The van der Waals surface area contributed by atoms with Gasteiger partial charge in [-0.15, -0.1) is 0 Å². The second-order valence-corrected chi connectivity index (χ2v) is 7.10. The van der Waals surface area contributed by atoms with Crippen molar-refractivity contribution in [2.45, 2.75) is 12.5 Å². The molecule has 3 N–H and O–H groups in total. The van der Waals surface area contributed by atoms with Crippen LogP contribution in [0.25, 0.3) is 0 Å². The Hall–Kier alpha value is -2.52. The van der Waals surface area contributed by atoms with Gasteiger partial charge >= 0.3 is 6.03 Å². The van der Waals surface area contributed by atoms with Crippen LogP contribution in [-0.2, 0) is 4.79 Å². The number of urea groups is 1. The lowest BCUT2D eigenvalue weighted by Crippen LogP contribution is -3.15. The number of carbonyl (C=O) groups excluding carboxylic acids is 2. The molecule has 0 unspecified atom stereocenters. The number of anilines is 1. The second-order valence-electron chi connectivity index (χ2n) is 7.10. The van der Waals surface area contributed by atoms with Gasteiger partial charge in [-0.25, -0.2) is 4.79 Å². The summed E-state index contributed by atoms with van der Waals surface area (Å²) in [5.41, 5.74) is 0.723. The maximum atomic E-state index is 12.5. The van der Waals surface area contributed by atoms with Crippen molar-refractivity contribution in [2.24, 2.45) is 0 Å². The molecule has 9 heteroatoms. The number of hydrogen-bond donors (Lipinski definition) is 3. The van der Waals surface area contributed by atoms with Gasteiger partial charge in [-0.3, -0.25) is 4.79 Å². The van der Waals surface area contributed by atoms with Crippen molar-refractivity contribution < 1.29 is 29.1 Å². The zero-order valence-corrected chi connectivity index (χ0v) is 16.4. The Kier molecular flexibility index (Phi) is 6.58.